The second-order valence-corrected chi connectivity index (χ2v) is 5.38. The predicted octanol–water partition coefficient (Wildman–Crippen LogP) is 2.97. The van der Waals surface area contributed by atoms with Gasteiger partial charge in [0, 0.05) is 24.5 Å². The lowest BCUT2D eigenvalue weighted by molar-refractivity contribution is 0.659. The molecule has 0 bridgehead atoms. The maximum Gasteiger partial charge on any atom is 0.0541 e. The summed E-state index contributed by atoms with van der Waals surface area (Å²) in [4.78, 5) is 5.84. The van der Waals surface area contributed by atoms with Crippen molar-refractivity contribution in [2.75, 3.05) is 6.54 Å². The van der Waals surface area contributed by atoms with E-state index in [1.807, 2.05) is 30.1 Å². The molecule has 2 nitrogen and oxygen atoms in total. The Morgan fingerprint density at radius 3 is 3.12 bits per heavy atom. The van der Waals surface area contributed by atoms with Crippen LogP contribution in [0.5, 0.6) is 0 Å². The van der Waals surface area contributed by atoms with Crippen LogP contribution in [0.1, 0.15) is 25.5 Å². The van der Waals surface area contributed by atoms with E-state index in [4.69, 9.17) is 0 Å². The first-order chi connectivity index (χ1) is 7.88. The minimum atomic E-state index is 0.721. The molecule has 0 aliphatic carbocycles. The number of nitrogens with one attached hydrogen (secondary N) is 1. The molecule has 1 aromatic heterocycles. The lowest BCUT2D eigenvalue weighted by Crippen LogP contribution is -2.23. The highest BCUT2D eigenvalue weighted by molar-refractivity contribution is 8.03. The Morgan fingerprint density at radius 1 is 1.50 bits per heavy atom. The zero-order valence-corrected chi connectivity index (χ0v) is 10.5. The van der Waals surface area contributed by atoms with Crippen LogP contribution in [-0.4, -0.2) is 16.8 Å². The fraction of sp³-hybridized carbons (Fsp3) is 0.462. The molecule has 0 aromatic carbocycles. The monoisotopic (exact) mass is 234 g/mol. The number of nitrogens with zero attached hydrogens (tertiary/aromatic N) is 1. The third-order valence-corrected chi connectivity index (χ3v) is 4.13. The minimum Gasteiger partial charge on any atom is -0.310 e. The number of pyridine rings is 1. The number of rotatable bonds is 5. The molecule has 3 heteroatoms. The molecule has 1 aliphatic heterocycles. The van der Waals surface area contributed by atoms with Gasteiger partial charge in [-0.05, 0) is 29.9 Å². The zero-order valence-electron chi connectivity index (χ0n) is 9.65. The van der Waals surface area contributed by atoms with E-state index >= 15 is 0 Å². The van der Waals surface area contributed by atoms with Crippen molar-refractivity contribution in [2.45, 2.75) is 31.6 Å². The van der Waals surface area contributed by atoms with E-state index in [0.29, 0.717) is 0 Å². The number of thioether (sulfide) groups is 1. The molecule has 1 unspecified atom stereocenters. The van der Waals surface area contributed by atoms with Crippen molar-refractivity contribution in [3.05, 3.63) is 41.1 Å². The van der Waals surface area contributed by atoms with Crippen LogP contribution in [0, 0.1) is 0 Å². The smallest absolute Gasteiger partial charge is 0.0541 e. The van der Waals surface area contributed by atoms with Gasteiger partial charge in [-0.2, -0.15) is 0 Å². The van der Waals surface area contributed by atoms with Crippen molar-refractivity contribution in [2.24, 2.45) is 0 Å². The summed E-state index contributed by atoms with van der Waals surface area (Å²) >= 11 is 2.02. The summed E-state index contributed by atoms with van der Waals surface area (Å²) in [6.45, 7) is 4.17. The predicted molar refractivity (Wildman–Crippen MR) is 70.3 cm³/mol. The fourth-order valence-corrected chi connectivity index (χ4v) is 2.97. The van der Waals surface area contributed by atoms with Crippen LogP contribution in [0.3, 0.4) is 0 Å². The summed E-state index contributed by atoms with van der Waals surface area (Å²) in [6, 6.07) is 6.04. The highest BCUT2D eigenvalue weighted by atomic mass is 32.2. The van der Waals surface area contributed by atoms with E-state index in [1.54, 1.807) is 4.91 Å². The van der Waals surface area contributed by atoms with E-state index in [2.05, 4.69) is 29.4 Å². The van der Waals surface area contributed by atoms with Crippen LogP contribution in [0.2, 0.25) is 0 Å². The van der Waals surface area contributed by atoms with Gasteiger partial charge in [0.15, 0.2) is 0 Å². The van der Waals surface area contributed by atoms with Gasteiger partial charge in [-0.3, -0.25) is 4.98 Å². The van der Waals surface area contributed by atoms with Crippen molar-refractivity contribution in [3.63, 3.8) is 0 Å². The number of allylic oxidation sites excluding steroid dienone is 2. The second kappa shape index (κ2) is 6.06. The Labute approximate surface area is 102 Å². The maximum absolute atomic E-state index is 4.29. The number of hydrogen-bond acceptors (Lipinski definition) is 3. The Hall–Kier alpha value is -0.800. The molecule has 0 spiro atoms. The van der Waals surface area contributed by atoms with E-state index in [0.717, 1.165) is 24.0 Å². The van der Waals surface area contributed by atoms with Crippen LogP contribution in [-0.2, 0) is 6.54 Å². The first-order valence-electron chi connectivity index (χ1n) is 5.85. The molecule has 0 saturated carbocycles. The van der Waals surface area contributed by atoms with Gasteiger partial charge in [0.2, 0.25) is 0 Å². The average molecular weight is 234 g/mol. The molecule has 0 radical (unpaired) electrons. The topological polar surface area (TPSA) is 24.9 Å². The summed E-state index contributed by atoms with van der Waals surface area (Å²) < 4.78 is 0. The molecule has 16 heavy (non-hydrogen) atoms. The average Bonchev–Trinajstić information content (AvgIpc) is 2.78. The molecule has 2 heterocycles. The largest absolute Gasteiger partial charge is 0.310 e. The third kappa shape index (κ3) is 3.35. The van der Waals surface area contributed by atoms with E-state index in [9.17, 15) is 0 Å². The van der Waals surface area contributed by atoms with Crippen LogP contribution in [0.25, 0.3) is 0 Å². The van der Waals surface area contributed by atoms with Gasteiger partial charge in [-0.25, -0.2) is 0 Å². The van der Waals surface area contributed by atoms with Crippen molar-refractivity contribution < 1.29 is 0 Å². The van der Waals surface area contributed by atoms with Gasteiger partial charge in [-0.1, -0.05) is 19.1 Å². The van der Waals surface area contributed by atoms with Crippen molar-refractivity contribution in [1.82, 2.24) is 10.3 Å². The molecular formula is C13H18N2S. The molecule has 0 fully saturated rings. The van der Waals surface area contributed by atoms with Crippen molar-refractivity contribution >= 4 is 11.8 Å². The minimum absolute atomic E-state index is 0.721. The zero-order chi connectivity index (χ0) is 11.2. The molecule has 2 rings (SSSR count). The summed E-state index contributed by atoms with van der Waals surface area (Å²) in [7, 11) is 0. The van der Waals surface area contributed by atoms with Gasteiger partial charge >= 0.3 is 0 Å². The maximum atomic E-state index is 4.29. The lowest BCUT2D eigenvalue weighted by atomic mass is 10.2. The Kier molecular flexibility index (Phi) is 4.43. The first kappa shape index (κ1) is 11.7. The summed E-state index contributed by atoms with van der Waals surface area (Å²) in [5, 5.41) is 4.19. The molecular weight excluding hydrogens is 216 g/mol. The van der Waals surface area contributed by atoms with E-state index in [-0.39, 0.29) is 0 Å². The summed E-state index contributed by atoms with van der Waals surface area (Å²) in [5.74, 6) is 0. The van der Waals surface area contributed by atoms with Gasteiger partial charge < -0.3 is 5.32 Å². The molecule has 1 atom stereocenters. The SMILES string of the molecule is CCC1=CCC(CNCc2ccccn2)S1. The highest BCUT2D eigenvalue weighted by Gasteiger charge is 2.15. The quantitative estimate of drug-likeness (QED) is 0.848. The highest BCUT2D eigenvalue weighted by Crippen LogP contribution is 2.33. The normalized spacial score (nSPS) is 19.8. The van der Waals surface area contributed by atoms with E-state index < -0.39 is 0 Å². The van der Waals surface area contributed by atoms with Crippen LogP contribution < -0.4 is 5.32 Å². The Morgan fingerprint density at radius 2 is 2.44 bits per heavy atom. The van der Waals surface area contributed by atoms with Crippen molar-refractivity contribution in [3.8, 4) is 0 Å². The lowest BCUT2D eigenvalue weighted by Gasteiger charge is -2.10. The molecule has 1 aromatic rings. The van der Waals surface area contributed by atoms with Gasteiger partial charge in [0.05, 0.1) is 5.69 Å². The second-order valence-electron chi connectivity index (χ2n) is 3.95. The molecule has 1 aliphatic rings. The number of aromatic nitrogens is 1. The van der Waals surface area contributed by atoms with Crippen molar-refractivity contribution in [1.29, 1.82) is 0 Å². The third-order valence-electron chi connectivity index (χ3n) is 2.68. The van der Waals surface area contributed by atoms with Gasteiger partial charge in [0.25, 0.3) is 0 Å². The van der Waals surface area contributed by atoms with Crippen LogP contribution in [0.15, 0.2) is 35.4 Å². The Balaban J connectivity index is 1.66. The number of hydrogen-bond donors (Lipinski definition) is 1. The van der Waals surface area contributed by atoms with Crippen LogP contribution >= 0.6 is 11.8 Å². The fourth-order valence-electron chi connectivity index (χ4n) is 1.79. The molecule has 0 saturated heterocycles. The first-order valence-corrected chi connectivity index (χ1v) is 6.72. The summed E-state index contributed by atoms with van der Waals surface area (Å²) in [5.41, 5.74) is 1.12. The molecule has 86 valence electrons. The molecule has 0 amide bonds. The standard InChI is InChI=1S/C13H18N2S/c1-2-12-6-7-13(16-12)10-14-9-11-5-3-4-8-15-11/h3-6,8,13-14H,2,7,9-10H2,1H3. The van der Waals surface area contributed by atoms with Crippen LogP contribution in [0.4, 0.5) is 0 Å². The molecule has 1 N–H and O–H groups in total. The van der Waals surface area contributed by atoms with Gasteiger partial charge in [0.1, 0.15) is 0 Å². The summed E-state index contributed by atoms with van der Waals surface area (Å²) in [6.07, 6.45) is 6.61. The van der Waals surface area contributed by atoms with Gasteiger partial charge in [-0.15, -0.1) is 11.8 Å². The van der Waals surface area contributed by atoms with E-state index in [1.165, 1.54) is 12.8 Å². The Bertz CT molecular complexity index is 348.